The quantitative estimate of drug-likeness (QED) is 0.522. The van der Waals surface area contributed by atoms with Crippen LogP contribution in [0.5, 0.6) is 0 Å². The Bertz CT molecular complexity index is 1300. The highest BCUT2D eigenvalue weighted by molar-refractivity contribution is 7.89. The molecular formula is C25H24FN3O5S. The van der Waals surface area contributed by atoms with Crippen LogP contribution in [-0.2, 0) is 19.6 Å². The van der Waals surface area contributed by atoms with E-state index in [1.165, 1.54) is 6.07 Å². The van der Waals surface area contributed by atoms with Gasteiger partial charge in [0, 0.05) is 24.3 Å². The van der Waals surface area contributed by atoms with Gasteiger partial charge < -0.3 is 15.4 Å². The molecular weight excluding hydrogens is 473 g/mol. The zero-order valence-corrected chi connectivity index (χ0v) is 19.5. The topological polar surface area (TPSA) is 105 Å². The van der Waals surface area contributed by atoms with Gasteiger partial charge in [-0.05, 0) is 35.9 Å². The number of hydrogen-bond acceptors (Lipinski definition) is 5. The molecule has 3 aromatic carbocycles. The number of carbonyl (C=O) groups excluding carboxylic acids is 2. The van der Waals surface area contributed by atoms with Crippen LogP contribution < -0.4 is 10.6 Å². The highest BCUT2D eigenvalue weighted by Gasteiger charge is 2.30. The predicted octanol–water partition coefficient (Wildman–Crippen LogP) is 2.96. The number of amides is 2. The molecule has 10 heteroatoms. The summed E-state index contributed by atoms with van der Waals surface area (Å²) in [7, 11) is -4.17. The Morgan fingerprint density at radius 1 is 0.914 bits per heavy atom. The lowest BCUT2D eigenvalue weighted by Gasteiger charge is -2.26. The van der Waals surface area contributed by atoms with Crippen molar-refractivity contribution in [2.24, 2.45) is 0 Å². The first-order chi connectivity index (χ1) is 16.9. The first-order valence-electron chi connectivity index (χ1n) is 11.0. The second-order valence-electron chi connectivity index (χ2n) is 7.83. The minimum atomic E-state index is -4.17. The molecule has 3 aromatic rings. The first-order valence-corrected chi connectivity index (χ1v) is 12.4. The molecule has 0 radical (unpaired) electrons. The van der Waals surface area contributed by atoms with Gasteiger partial charge in [-0.1, -0.05) is 48.5 Å². The average molecular weight is 498 g/mol. The Kier molecular flexibility index (Phi) is 7.54. The van der Waals surface area contributed by atoms with Crippen molar-refractivity contribution in [1.82, 2.24) is 9.62 Å². The lowest BCUT2D eigenvalue weighted by atomic mass is 10.0. The van der Waals surface area contributed by atoms with Crippen molar-refractivity contribution < 1.29 is 27.1 Å². The van der Waals surface area contributed by atoms with Crippen LogP contribution in [-0.4, -0.2) is 50.8 Å². The first kappa shape index (κ1) is 24.5. The van der Waals surface area contributed by atoms with Crippen molar-refractivity contribution in [1.29, 1.82) is 0 Å². The maximum absolute atomic E-state index is 14.5. The molecule has 1 heterocycles. The van der Waals surface area contributed by atoms with Gasteiger partial charge in [-0.3, -0.25) is 9.59 Å². The van der Waals surface area contributed by atoms with E-state index in [1.54, 1.807) is 54.6 Å². The maximum Gasteiger partial charge on any atom is 0.252 e. The molecule has 1 fully saturated rings. The van der Waals surface area contributed by atoms with E-state index in [2.05, 4.69) is 10.6 Å². The standard InChI is InChI=1S/C25H24FN3O5S/c26-21-12-11-19(17-22(21)35(32,33)29-13-15-34-16-14-29)24(30)28-23(18-7-3-1-4-8-18)25(31)27-20-9-5-2-6-10-20/h1-12,17,23H,13-16H2,(H,27,31)(H,28,30). The number of nitrogens with one attached hydrogen (secondary N) is 2. The van der Waals surface area contributed by atoms with Gasteiger partial charge in [0.2, 0.25) is 10.0 Å². The summed E-state index contributed by atoms with van der Waals surface area (Å²) >= 11 is 0. The highest BCUT2D eigenvalue weighted by atomic mass is 32.2. The monoisotopic (exact) mass is 497 g/mol. The Morgan fingerprint density at radius 3 is 2.20 bits per heavy atom. The van der Waals surface area contributed by atoms with Crippen molar-refractivity contribution in [3.05, 3.63) is 95.8 Å². The number of anilines is 1. The molecule has 0 saturated carbocycles. The zero-order valence-electron chi connectivity index (χ0n) is 18.7. The smallest absolute Gasteiger partial charge is 0.252 e. The number of rotatable bonds is 7. The van der Waals surface area contributed by atoms with Crippen molar-refractivity contribution >= 4 is 27.5 Å². The van der Waals surface area contributed by atoms with Crippen LogP contribution in [0.1, 0.15) is 22.0 Å². The number of sulfonamides is 1. The van der Waals surface area contributed by atoms with E-state index in [9.17, 15) is 22.4 Å². The molecule has 4 rings (SSSR count). The van der Waals surface area contributed by atoms with Crippen LogP contribution in [0.15, 0.2) is 83.8 Å². The number of benzene rings is 3. The average Bonchev–Trinajstić information content (AvgIpc) is 2.89. The van der Waals surface area contributed by atoms with E-state index < -0.39 is 38.6 Å². The normalized spacial score (nSPS) is 15.2. The van der Waals surface area contributed by atoms with Crippen LogP contribution in [0.25, 0.3) is 0 Å². The summed E-state index contributed by atoms with van der Waals surface area (Å²) in [6.45, 7) is 0.592. The van der Waals surface area contributed by atoms with E-state index in [4.69, 9.17) is 4.74 Å². The zero-order chi connectivity index (χ0) is 24.8. The SMILES string of the molecule is O=C(NC(C(=O)Nc1ccccc1)c1ccccc1)c1ccc(F)c(S(=O)(=O)N2CCOCC2)c1. The van der Waals surface area contributed by atoms with E-state index in [1.807, 2.05) is 6.07 Å². The molecule has 2 amide bonds. The van der Waals surface area contributed by atoms with Gasteiger partial charge in [-0.2, -0.15) is 4.31 Å². The van der Waals surface area contributed by atoms with Crippen LogP contribution in [0.3, 0.4) is 0 Å². The fourth-order valence-electron chi connectivity index (χ4n) is 3.66. The molecule has 0 aromatic heterocycles. The van der Waals surface area contributed by atoms with Crippen molar-refractivity contribution in [3.63, 3.8) is 0 Å². The molecule has 1 aliphatic heterocycles. The third-order valence-corrected chi connectivity index (χ3v) is 7.41. The van der Waals surface area contributed by atoms with E-state index in [0.717, 1.165) is 16.4 Å². The number of nitrogens with zero attached hydrogens (tertiary/aromatic N) is 1. The summed E-state index contributed by atoms with van der Waals surface area (Å²) < 4.78 is 46.8. The predicted molar refractivity (Wildman–Crippen MR) is 128 cm³/mol. The fraction of sp³-hybridized carbons (Fsp3) is 0.200. The number of morpholine rings is 1. The molecule has 1 unspecified atom stereocenters. The molecule has 1 atom stereocenters. The molecule has 2 N–H and O–H groups in total. The third kappa shape index (κ3) is 5.73. The van der Waals surface area contributed by atoms with Crippen molar-refractivity contribution in [2.75, 3.05) is 31.6 Å². The number of halogens is 1. The molecule has 35 heavy (non-hydrogen) atoms. The molecule has 8 nitrogen and oxygen atoms in total. The summed E-state index contributed by atoms with van der Waals surface area (Å²) in [5, 5.41) is 5.40. The maximum atomic E-state index is 14.5. The largest absolute Gasteiger partial charge is 0.379 e. The molecule has 1 aliphatic rings. The second kappa shape index (κ2) is 10.8. The van der Waals surface area contributed by atoms with E-state index >= 15 is 0 Å². The van der Waals surface area contributed by atoms with Crippen LogP contribution in [0, 0.1) is 5.82 Å². The van der Waals surface area contributed by atoms with Gasteiger partial charge in [0.1, 0.15) is 16.8 Å². The van der Waals surface area contributed by atoms with Crippen LogP contribution >= 0.6 is 0 Å². The van der Waals surface area contributed by atoms with Crippen molar-refractivity contribution in [3.8, 4) is 0 Å². The van der Waals surface area contributed by atoms with Crippen LogP contribution in [0.4, 0.5) is 10.1 Å². The summed E-state index contributed by atoms with van der Waals surface area (Å²) in [4.78, 5) is 25.6. The Morgan fingerprint density at radius 2 is 1.54 bits per heavy atom. The Labute approximate surface area is 202 Å². The fourth-order valence-corrected chi connectivity index (χ4v) is 5.16. The summed E-state index contributed by atoms with van der Waals surface area (Å²) in [6, 6.07) is 19.4. The minimum Gasteiger partial charge on any atom is -0.379 e. The highest BCUT2D eigenvalue weighted by Crippen LogP contribution is 2.23. The lowest BCUT2D eigenvalue weighted by molar-refractivity contribution is -0.118. The molecule has 0 aliphatic carbocycles. The van der Waals surface area contributed by atoms with Crippen molar-refractivity contribution in [2.45, 2.75) is 10.9 Å². The Hall–Kier alpha value is -3.60. The third-order valence-electron chi connectivity index (χ3n) is 5.49. The number of hydrogen-bond donors (Lipinski definition) is 2. The lowest BCUT2D eigenvalue weighted by Crippen LogP contribution is -2.41. The molecule has 0 spiro atoms. The van der Waals surface area contributed by atoms with Gasteiger partial charge in [-0.25, -0.2) is 12.8 Å². The Balaban J connectivity index is 1.60. The van der Waals surface area contributed by atoms with Crippen LogP contribution in [0.2, 0.25) is 0 Å². The van der Waals surface area contributed by atoms with Gasteiger partial charge in [0.05, 0.1) is 13.2 Å². The summed E-state index contributed by atoms with van der Waals surface area (Å²) in [5.41, 5.74) is 0.984. The van der Waals surface area contributed by atoms with Gasteiger partial charge in [0.15, 0.2) is 0 Å². The molecule has 1 saturated heterocycles. The second-order valence-corrected chi connectivity index (χ2v) is 9.74. The minimum absolute atomic E-state index is 0.0910. The molecule has 0 bridgehead atoms. The summed E-state index contributed by atoms with van der Waals surface area (Å²) in [5.74, 6) is -2.17. The number of para-hydroxylation sites is 1. The molecule has 182 valence electrons. The van der Waals surface area contributed by atoms with E-state index in [-0.39, 0.29) is 31.9 Å². The van der Waals surface area contributed by atoms with Gasteiger partial charge in [-0.15, -0.1) is 0 Å². The number of carbonyl (C=O) groups is 2. The number of ether oxygens (including phenoxy) is 1. The van der Waals surface area contributed by atoms with E-state index in [0.29, 0.717) is 11.3 Å². The van der Waals surface area contributed by atoms with Gasteiger partial charge >= 0.3 is 0 Å². The van der Waals surface area contributed by atoms with Gasteiger partial charge in [0.25, 0.3) is 11.8 Å². The summed E-state index contributed by atoms with van der Waals surface area (Å²) in [6.07, 6.45) is 0.